The van der Waals surface area contributed by atoms with Gasteiger partial charge in [-0.3, -0.25) is 4.79 Å². The number of hydrogen-bond donors (Lipinski definition) is 1. The fraction of sp³-hybridized carbons (Fsp3) is 0.952. The molecule has 6 nitrogen and oxygen atoms in total. The highest BCUT2D eigenvalue weighted by Crippen LogP contribution is 2.13. The van der Waals surface area contributed by atoms with E-state index in [1.807, 2.05) is 0 Å². The van der Waals surface area contributed by atoms with Crippen LogP contribution >= 0.6 is 0 Å². The van der Waals surface area contributed by atoms with E-state index in [0.29, 0.717) is 6.42 Å². The Morgan fingerprint density at radius 2 is 1.11 bits per heavy atom. The summed E-state index contributed by atoms with van der Waals surface area (Å²) in [6.45, 7) is 5.17. The number of carboxylic acid groups (broad SMARTS) is 1. The predicted octanol–water partition coefficient (Wildman–Crippen LogP) is 4.79. The predicted molar refractivity (Wildman–Crippen MR) is 115 cm³/mol. The molecule has 0 spiro atoms. The summed E-state index contributed by atoms with van der Waals surface area (Å²) in [4.78, 5) is 9.00. The third kappa shape index (κ3) is 30.1. The van der Waals surface area contributed by atoms with Crippen molar-refractivity contribution in [2.45, 2.75) is 97.3 Å². The molecule has 0 atom stereocenters. The van der Waals surface area contributed by atoms with Crippen molar-refractivity contribution in [3.05, 3.63) is 0 Å². The molecule has 0 amide bonds. The Morgan fingerprint density at radius 3 is 1.46 bits per heavy atom. The first-order valence-electron chi connectivity index (χ1n) is 11.0. The zero-order chi connectivity index (χ0) is 21.9. The van der Waals surface area contributed by atoms with Gasteiger partial charge >= 0.3 is 0 Å². The van der Waals surface area contributed by atoms with Crippen molar-refractivity contribution in [3.8, 4) is 0 Å². The molecule has 0 bridgehead atoms. The van der Waals surface area contributed by atoms with Gasteiger partial charge in [0, 0.05) is 19.1 Å². The van der Waals surface area contributed by atoms with Crippen LogP contribution in [0.25, 0.3) is 0 Å². The van der Waals surface area contributed by atoms with Crippen LogP contribution < -0.4 is 0 Å². The van der Waals surface area contributed by atoms with Gasteiger partial charge in [0.1, 0.15) is 0 Å². The van der Waals surface area contributed by atoms with Crippen LogP contribution in [0.1, 0.15) is 97.3 Å². The van der Waals surface area contributed by atoms with Gasteiger partial charge in [0.2, 0.25) is 0 Å². The van der Waals surface area contributed by atoms with Crippen molar-refractivity contribution in [1.82, 2.24) is 0 Å². The lowest BCUT2D eigenvalue weighted by Gasteiger charge is -2.30. The largest absolute Gasteiger partial charge is 0.748 e. The summed E-state index contributed by atoms with van der Waals surface area (Å²) >= 11 is 0. The first kappa shape index (κ1) is 29.5. The summed E-state index contributed by atoms with van der Waals surface area (Å²) in [5.74, 6) is -1.06. The fourth-order valence-corrected chi connectivity index (χ4v) is 3.64. The van der Waals surface area contributed by atoms with Gasteiger partial charge < -0.3 is 14.1 Å². The number of hydrogen-bond acceptors (Lipinski definition) is 4. The summed E-state index contributed by atoms with van der Waals surface area (Å²) < 4.78 is 32.7. The molecule has 0 aromatic carbocycles. The van der Waals surface area contributed by atoms with Gasteiger partial charge in [-0.15, -0.1) is 0 Å². The van der Waals surface area contributed by atoms with Crippen LogP contribution in [-0.4, -0.2) is 61.5 Å². The van der Waals surface area contributed by atoms with Crippen molar-refractivity contribution in [2.24, 2.45) is 0 Å². The van der Waals surface area contributed by atoms with Crippen molar-refractivity contribution >= 4 is 16.1 Å². The Bertz CT molecular complexity index is 459. The molecule has 0 saturated heterocycles. The van der Waals surface area contributed by atoms with Gasteiger partial charge in [0.25, 0.3) is 5.97 Å². The van der Waals surface area contributed by atoms with E-state index in [2.05, 4.69) is 21.0 Å². The molecule has 28 heavy (non-hydrogen) atoms. The minimum absolute atomic E-state index is 0.229. The summed E-state index contributed by atoms with van der Waals surface area (Å²) in [6.07, 6.45) is 16.7. The van der Waals surface area contributed by atoms with E-state index in [1.165, 1.54) is 77.0 Å². The second-order valence-electron chi connectivity index (χ2n) is 8.41. The van der Waals surface area contributed by atoms with Gasteiger partial charge in [0.05, 0.1) is 37.3 Å². The first-order chi connectivity index (χ1) is 13.0. The number of carboxylic acids is 1. The Labute approximate surface area is 174 Å². The van der Waals surface area contributed by atoms with Crippen LogP contribution in [0.5, 0.6) is 0 Å². The van der Waals surface area contributed by atoms with Gasteiger partial charge in [0.15, 0.2) is 0 Å². The molecule has 0 aromatic heterocycles. The minimum Gasteiger partial charge on any atom is -0.748 e. The monoisotopic (exact) mass is 423 g/mol. The molecule has 7 heteroatoms. The van der Waals surface area contributed by atoms with Gasteiger partial charge in [-0.05, 0) is 12.8 Å². The molecule has 170 valence electrons. The van der Waals surface area contributed by atoms with Crippen molar-refractivity contribution in [1.29, 1.82) is 0 Å². The van der Waals surface area contributed by atoms with E-state index in [-0.39, 0.29) is 5.75 Å². The molecule has 0 heterocycles. The number of unbranched alkanes of at least 4 members (excludes halogenated alkanes) is 11. The van der Waals surface area contributed by atoms with Crippen LogP contribution in [0.4, 0.5) is 0 Å². The number of carbonyl (C=O) groups is 1. The normalized spacial score (nSPS) is 11.8. The Balaban J connectivity index is 0. The summed E-state index contributed by atoms with van der Waals surface area (Å²) in [7, 11) is 0.188. The van der Waals surface area contributed by atoms with E-state index < -0.39 is 16.1 Å². The average molecular weight is 424 g/mol. The smallest absolute Gasteiger partial charge is 0.300 e. The van der Waals surface area contributed by atoms with Gasteiger partial charge in [-0.2, -0.15) is 0 Å². The molecule has 0 radical (unpaired) electrons. The van der Waals surface area contributed by atoms with Crippen molar-refractivity contribution < 1.29 is 27.4 Å². The zero-order valence-electron chi connectivity index (χ0n) is 18.7. The first-order valence-corrected chi connectivity index (χ1v) is 12.5. The molecule has 0 aromatic rings. The highest BCUT2D eigenvalue weighted by Gasteiger charge is 2.14. The Hall–Kier alpha value is -0.660. The van der Waals surface area contributed by atoms with Crippen LogP contribution in [0, 0.1) is 0 Å². The zero-order valence-corrected chi connectivity index (χ0v) is 19.6. The van der Waals surface area contributed by atoms with Gasteiger partial charge in [-0.1, -0.05) is 71.1 Å². The fourth-order valence-electron chi connectivity index (χ4n) is 3.16. The summed E-state index contributed by atoms with van der Waals surface area (Å²) in [5.41, 5.74) is 0. The summed E-state index contributed by atoms with van der Waals surface area (Å²) in [5, 5.41) is 7.42. The molecule has 0 aliphatic rings. The van der Waals surface area contributed by atoms with Gasteiger partial charge in [-0.25, -0.2) is 8.42 Å². The average Bonchev–Trinajstić information content (AvgIpc) is 2.54. The van der Waals surface area contributed by atoms with Crippen molar-refractivity contribution in [3.63, 3.8) is 0 Å². The molecule has 0 rings (SSSR count). The highest BCUT2D eigenvalue weighted by molar-refractivity contribution is 7.85. The molecule has 0 saturated carbocycles. The maximum atomic E-state index is 10.6. The van der Waals surface area contributed by atoms with E-state index in [1.54, 1.807) is 0 Å². The topological polar surface area (TPSA) is 94.5 Å². The standard InChI is InChI=1S/C19H41NO3S.C2H4O2/c1-4-5-6-7-8-9-10-11-12-13-14-15-17-20(2,3)18-16-19-24(21,22)23;1-2(3)4/h4-19H2,1-3H3;1H3,(H,3,4). The van der Waals surface area contributed by atoms with Crippen LogP contribution in [-0.2, 0) is 14.9 Å². The molecular weight excluding hydrogens is 378 g/mol. The summed E-state index contributed by atoms with van der Waals surface area (Å²) in [6, 6.07) is 0. The third-order valence-electron chi connectivity index (χ3n) is 4.77. The lowest BCUT2D eigenvalue weighted by atomic mass is 10.1. The number of nitrogens with zero attached hydrogens (tertiary/aromatic N) is 1. The van der Waals surface area contributed by atoms with Crippen LogP contribution in [0.3, 0.4) is 0 Å². The second-order valence-corrected chi connectivity index (χ2v) is 9.93. The lowest BCUT2D eigenvalue weighted by molar-refractivity contribution is -0.890. The Kier molecular flexibility index (Phi) is 19.4. The highest BCUT2D eigenvalue weighted by atomic mass is 32.2. The van der Waals surface area contributed by atoms with E-state index >= 15 is 0 Å². The molecule has 1 N–H and O–H groups in total. The lowest BCUT2D eigenvalue weighted by Crippen LogP contribution is -2.41. The molecule has 0 fully saturated rings. The Morgan fingerprint density at radius 1 is 0.786 bits per heavy atom. The SMILES string of the molecule is CC(=O)O.CCCCCCCCCCCCCC[N+](C)(C)CCCS(=O)(=O)[O-]. The number of quaternary nitrogens is 1. The number of rotatable bonds is 17. The molecule has 0 unspecified atom stereocenters. The minimum atomic E-state index is -4.05. The molecular formula is C21H45NO5S. The molecule has 0 aliphatic carbocycles. The van der Waals surface area contributed by atoms with Crippen molar-refractivity contribution in [2.75, 3.05) is 32.9 Å². The maximum absolute atomic E-state index is 10.6. The van der Waals surface area contributed by atoms with E-state index in [9.17, 15) is 13.0 Å². The van der Waals surface area contributed by atoms with Crippen LogP contribution in [0.15, 0.2) is 0 Å². The third-order valence-corrected chi connectivity index (χ3v) is 5.56. The van der Waals surface area contributed by atoms with E-state index in [0.717, 1.165) is 24.5 Å². The van der Waals surface area contributed by atoms with E-state index in [4.69, 9.17) is 9.90 Å². The van der Waals surface area contributed by atoms with Crippen LogP contribution in [0.2, 0.25) is 0 Å². The number of aliphatic carboxylic acids is 1. The quantitative estimate of drug-likeness (QED) is 0.206. The molecule has 0 aliphatic heterocycles. The second kappa shape index (κ2) is 18.4. The maximum Gasteiger partial charge on any atom is 0.300 e.